The van der Waals surface area contributed by atoms with Crippen molar-refractivity contribution < 1.29 is 22.6 Å². The Labute approximate surface area is 113 Å². The van der Waals surface area contributed by atoms with Crippen molar-refractivity contribution >= 4 is 15.5 Å². The standard InChI is InChI=1S/C12H19NO5S/c1-16-6-7-17-8-9-18-10-4-3-5-11(12(10)13)19(2,14)15/h3-5H,6-9,13H2,1-2H3. The summed E-state index contributed by atoms with van der Waals surface area (Å²) in [6.45, 7) is 1.68. The third-order valence-corrected chi connectivity index (χ3v) is 3.50. The summed E-state index contributed by atoms with van der Waals surface area (Å²) in [6.07, 6.45) is 1.11. The van der Waals surface area contributed by atoms with E-state index in [9.17, 15) is 8.42 Å². The van der Waals surface area contributed by atoms with Gasteiger partial charge in [-0.25, -0.2) is 8.42 Å². The van der Waals surface area contributed by atoms with E-state index in [-0.39, 0.29) is 10.6 Å². The number of sulfone groups is 1. The Bertz CT molecular complexity index is 501. The van der Waals surface area contributed by atoms with Crippen LogP contribution in [0.15, 0.2) is 23.1 Å². The molecule has 7 heteroatoms. The fourth-order valence-corrected chi connectivity index (χ4v) is 2.25. The van der Waals surface area contributed by atoms with Crippen molar-refractivity contribution in [2.45, 2.75) is 4.90 Å². The quantitative estimate of drug-likeness (QED) is 0.560. The Kier molecular flexibility index (Phi) is 6.07. The monoisotopic (exact) mass is 289 g/mol. The molecule has 108 valence electrons. The van der Waals surface area contributed by atoms with E-state index in [1.807, 2.05) is 0 Å². The first-order chi connectivity index (χ1) is 8.96. The highest BCUT2D eigenvalue weighted by atomic mass is 32.2. The summed E-state index contributed by atoms with van der Waals surface area (Å²) >= 11 is 0. The van der Waals surface area contributed by atoms with Crippen LogP contribution in [0.2, 0.25) is 0 Å². The van der Waals surface area contributed by atoms with E-state index >= 15 is 0 Å². The summed E-state index contributed by atoms with van der Waals surface area (Å²) < 4.78 is 38.4. The molecule has 0 spiro atoms. The Morgan fingerprint density at radius 1 is 1.16 bits per heavy atom. The van der Waals surface area contributed by atoms with Gasteiger partial charge in [0.2, 0.25) is 0 Å². The van der Waals surface area contributed by atoms with Gasteiger partial charge in [0.25, 0.3) is 0 Å². The van der Waals surface area contributed by atoms with Crippen LogP contribution in [0.3, 0.4) is 0 Å². The first-order valence-corrected chi connectivity index (χ1v) is 7.64. The molecule has 0 amide bonds. The second kappa shape index (κ2) is 7.32. The zero-order valence-electron chi connectivity index (χ0n) is 11.1. The van der Waals surface area contributed by atoms with Gasteiger partial charge in [-0.05, 0) is 12.1 Å². The first kappa shape index (κ1) is 15.7. The van der Waals surface area contributed by atoms with Crippen LogP contribution in [0, 0.1) is 0 Å². The molecule has 2 N–H and O–H groups in total. The number of benzene rings is 1. The van der Waals surface area contributed by atoms with Crippen LogP contribution in [0.4, 0.5) is 5.69 Å². The fourth-order valence-electron chi connectivity index (χ4n) is 1.43. The van der Waals surface area contributed by atoms with E-state index in [4.69, 9.17) is 19.9 Å². The molecule has 19 heavy (non-hydrogen) atoms. The second-order valence-electron chi connectivity index (χ2n) is 3.89. The summed E-state index contributed by atoms with van der Waals surface area (Å²) in [5, 5.41) is 0. The lowest BCUT2D eigenvalue weighted by Gasteiger charge is -2.11. The smallest absolute Gasteiger partial charge is 0.177 e. The minimum absolute atomic E-state index is 0.0744. The highest BCUT2D eigenvalue weighted by molar-refractivity contribution is 7.90. The number of ether oxygens (including phenoxy) is 3. The van der Waals surface area contributed by atoms with Gasteiger partial charge >= 0.3 is 0 Å². The van der Waals surface area contributed by atoms with Gasteiger partial charge < -0.3 is 19.9 Å². The molecule has 1 aromatic carbocycles. The van der Waals surface area contributed by atoms with Gasteiger partial charge in [-0.3, -0.25) is 0 Å². The van der Waals surface area contributed by atoms with E-state index in [1.165, 1.54) is 6.07 Å². The van der Waals surface area contributed by atoms with Crippen LogP contribution in [-0.2, 0) is 19.3 Å². The van der Waals surface area contributed by atoms with E-state index in [0.717, 1.165) is 6.26 Å². The van der Waals surface area contributed by atoms with Crippen LogP contribution in [0.5, 0.6) is 5.75 Å². The molecular formula is C12H19NO5S. The van der Waals surface area contributed by atoms with Crippen LogP contribution in [0.25, 0.3) is 0 Å². The Hall–Kier alpha value is -1.31. The van der Waals surface area contributed by atoms with Crippen molar-refractivity contribution in [1.29, 1.82) is 0 Å². The van der Waals surface area contributed by atoms with Crippen molar-refractivity contribution in [3.63, 3.8) is 0 Å². The topological polar surface area (TPSA) is 87.9 Å². The summed E-state index contributed by atoms with van der Waals surface area (Å²) in [4.78, 5) is 0.0744. The number of methoxy groups -OCH3 is 1. The van der Waals surface area contributed by atoms with Crippen LogP contribution in [-0.4, -0.2) is 48.2 Å². The minimum Gasteiger partial charge on any atom is -0.489 e. The molecule has 0 atom stereocenters. The van der Waals surface area contributed by atoms with Crippen LogP contribution < -0.4 is 10.5 Å². The summed E-state index contributed by atoms with van der Waals surface area (Å²) in [5.41, 5.74) is 5.89. The van der Waals surface area contributed by atoms with E-state index in [2.05, 4.69) is 0 Å². The molecule has 6 nitrogen and oxygen atoms in total. The van der Waals surface area contributed by atoms with Gasteiger partial charge in [0.1, 0.15) is 12.4 Å². The molecule has 0 aromatic heterocycles. The molecule has 0 heterocycles. The lowest BCUT2D eigenvalue weighted by Crippen LogP contribution is -2.11. The number of nitrogen functional groups attached to an aromatic ring is 1. The molecule has 0 radical (unpaired) electrons. The Morgan fingerprint density at radius 3 is 2.47 bits per heavy atom. The third kappa shape index (κ3) is 5.06. The lowest BCUT2D eigenvalue weighted by molar-refractivity contribution is 0.0545. The average molecular weight is 289 g/mol. The second-order valence-corrected chi connectivity index (χ2v) is 5.88. The molecule has 0 aliphatic carbocycles. The van der Waals surface area contributed by atoms with Gasteiger partial charge in [-0.15, -0.1) is 0 Å². The van der Waals surface area contributed by atoms with Crippen LogP contribution >= 0.6 is 0 Å². The van der Waals surface area contributed by atoms with E-state index < -0.39 is 9.84 Å². The highest BCUT2D eigenvalue weighted by Crippen LogP contribution is 2.28. The predicted octanol–water partition coefficient (Wildman–Crippen LogP) is 0.714. The van der Waals surface area contributed by atoms with Crippen molar-refractivity contribution in [1.82, 2.24) is 0 Å². The number of anilines is 1. The van der Waals surface area contributed by atoms with Gasteiger partial charge in [-0.2, -0.15) is 0 Å². The first-order valence-electron chi connectivity index (χ1n) is 5.75. The SMILES string of the molecule is COCCOCCOc1cccc(S(C)(=O)=O)c1N. The predicted molar refractivity (Wildman–Crippen MR) is 72.2 cm³/mol. The molecule has 1 aromatic rings. The van der Waals surface area contributed by atoms with Crippen molar-refractivity contribution in [2.75, 3.05) is 45.5 Å². The number of nitrogens with two attached hydrogens (primary N) is 1. The third-order valence-electron chi connectivity index (χ3n) is 2.34. The Morgan fingerprint density at radius 2 is 1.84 bits per heavy atom. The molecule has 0 saturated heterocycles. The molecule has 0 unspecified atom stereocenters. The maximum absolute atomic E-state index is 11.5. The van der Waals surface area contributed by atoms with Gasteiger partial charge in [-0.1, -0.05) is 6.07 Å². The number of hydrogen-bond acceptors (Lipinski definition) is 6. The number of hydrogen-bond donors (Lipinski definition) is 1. The molecule has 0 aliphatic rings. The molecule has 0 bridgehead atoms. The highest BCUT2D eigenvalue weighted by Gasteiger charge is 2.14. The largest absolute Gasteiger partial charge is 0.489 e. The number of para-hydroxylation sites is 1. The maximum Gasteiger partial charge on any atom is 0.177 e. The summed E-state index contributed by atoms with van der Waals surface area (Å²) in [7, 11) is -1.76. The van der Waals surface area contributed by atoms with Gasteiger partial charge in [0, 0.05) is 13.4 Å². The van der Waals surface area contributed by atoms with Gasteiger partial charge in [0.15, 0.2) is 9.84 Å². The Balaban J connectivity index is 2.56. The lowest BCUT2D eigenvalue weighted by atomic mass is 10.3. The van der Waals surface area contributed by atoms with Crippen LogP contribution in [0.1, 0.15) is 0 Å². The maximum atomic E-state index is 11.5. The minimum atomic E-state index is -3.35. The molecule has 0 aliphatic heterocycles. The fraction of sp³-hybridized carbons (Fsp3) is 0.500. The van der Waals surface area contributed by atoms with Crippen molar-refractivity contribution in [2.24, 2.45) is 0 Å². The summed E-state index contributed by atoms with van der Waals surface area (Å²) in [6, 6.07) is 4.67. The average Bonchev–Trinajstić information content (AvgIpc) is 2.34. The van der Waals surface area contributed by atoms with Gasteiger partial charge in [0.05, 0.1) is 30.4 Å². The number of rotatable bonds is 8. The zero-order chi connectivity index (χ0) is 14.3. The van der Waals surface area contributed by atoms with Crippen molar-refractivity contribution in [3.8, 4) is 5.75 Å². The molecule has 0 fully saturated rings. The summed E-state index contributed by atoms with van der Waals surface area (Å²) in [5.74, 6) is 0.346. The molecule has 0 saturated carbocycles. The van der Waals surface area contributed by atoms with E-state index in [1.54, 1.807) is 19.2 Å². The molecular weight excluding hydrogens is 270 g/mol. The van der Waals surface area contributed by atoms with Crippen molar-refractivity contribution in [3.05, 3.63) is 18.2 Å². The molecule has 1 rings (SSSR count). The van der Waals surface area contributed by atoms with E-state index in [0.29, 0.717) is 32.2 Å². The zero-order valence-corrected chi connectivity index (χ0v) is 11.9. The normalized spacial score (nSPS) is 11.5.